The lowest BCUT2D eigenvalue weighted by molar-refractivity contribution is -0.121. The van der Waals surface area contributed by atoms with Crippen molar-refractivity contribution in [3.63, 3.8) is 0 Å². The molecule has 4 aromatic rings. The first-order chi connectivity index (χ1) is 13.6. The predicted molar refractivity (Wildman–Crippen MR) is 106 cm³/mol. The van der Waals surface area contributed by atoms with Crippen LogP contribution >= 0.6 is 0 Å². The predicted octanol–water partition coefficient (Wildman–Crippen LogP) is 3.88. The van der Waals surface area contributed by atoms with Crippen molar-refractivity contribution in [3.05, 3.63) is 89.9 Å². The van der Waals surface area contributed by atoms with Crippen molar-refractivity contribution in [2.45, 2.75) is 18.9 Å². The smallest absolute Gasteiger partial charge is 0.221 e. The van der Waals surface area contributed by atoms with E-state index < -0.39 is 6.04 Å². The SMILES string of the molecule is Cn1ccnc1C(NC(=O)CCc1c[nH]c2ccccc12)c1ccc(F)cc1. The van der Waals surface area contributed by atoms with Gasteiger partial charge in [0.2, 0.25) is 5.91 Å². The summed E-state index contributed by atoms with van der Waals surface area (Å²) in [4.78, 5) is 20.3. The first-order valence-electron chi connectivity index (χ1n) is 9.19. The molecule has 0 bridgehead atoms. The van der Waals surface area contributed by atoms with E-state index in [0.29, 0.717) is 18.7 Å². The molecule has 0 spiro atoms. The van der Waals surface area contributed by atoms with Gasteiger partial charge in [-0.2, -0.15) is 0 Å². The van der Waals surface area contributed by atoms with Crippen LogP contribution in [0.25, 0.3) is 10.9 Å². The van der Waals surface area contributed by atoms with E-state index in [1.54, 1.807) is 18.3 Å². The second-order valence-corrected chi connectivity index (χ2v) is 6.81. The Balaban J connectivity index is 1.51. The topological polar surface area (TPSA) is 62.7 Å². The molecule has 0 fully saturated rings. The minimum absolute atomic E-state index is 0.0809. The molecule has 2 aromatic carbocycles. The zero-order chi connectivity index (χ0) is 19.5. The highest BCUT2D eigenvalue weighted by Gasteiger charge is 2.21. The summed E-state index contributed by atoms with van der Waals surface area (Å²) in [5.41, 5.74) is 2.97. The molecule has 1 amide bonds. The minimum atomic E-state index is -0.434. The highest BCUT2D eigenvalue weighted by molar-refractivity contribution is 5.84. The molecule has 2 N–H and O–H groups in total. The maximum absolute atomic E-state index is 13.3. The number of carbonyl (C=O) groups is 1. The quantitative estimate of drug-likeness (QED) is 0.536. The summed E-state index contributed by atoms with van der Waals surface area (Å²) in [7, 11) is 1.87. The van der Waals surface area contributed by atoms with Crippen LogP contribution in [0, 0.1) is 5.82 Å². The maximum atomic E-state index is 13.3. The molecule has 142 valence electrons. The molecule has 6 heteroatoms. The normalized spacial score (nSPS) is 12.2. The van der Waals surface area contributed by atoms with Gasteiger partial charge in [0.15, 0.2) is 0 Å². The Hall–Kier alpha value is -3.41. The number of imidazole rings is 1. The lowest BCUT2D eigenvalue weighted by Gasteiger charge is -2.19. The summed E-state index contributed by atoms with van der Waals surface area (Å²) in [5.74, 6) is 0.308. The van der Waals surface area contributed by atoms with Crippen molar-refractivity contribution in [2.24, 2.45) is 7.05 Å². The van der Waals surface area contributed by atoms with Gasteiger partial charge in [-0.3, -0.25) is 4.79 Å². The average molecular weight is 376 g/mol. The Bertz CT molecular complexity index is 1100. The van der Waals surface area contributed by atoms with E-state index in [1.807, 2.05) is 48.3 Å². The Morgan fingerprint density at radius 3 is 2.75 bits per heavy atom. The number of nitrogens with zero attached hydrogens (tertiary/aromatic N) is 2. The Morgan fingerprint density at radius 1 is 1.21 bits per heavy atom. The van der Waals surface area contributed by atoms with E-state index in [9.17, 15) is 9.18 Å². The molecule has 0 saturated carbocycles. The third-order valence-electron chi connectivity index (χ3n) is 4.92. The van der Waals surface area contributed by atoms with Crippen molar-refractivity contribution in [3.8, 4) is 0 Å². The van der Waals surface area contributed by atoms with Crippen LogP contribution in [0.3, 0.4) is 0 Å². The minimum Gasteiger partial charge on any atom is -0.361 e. The highest BCUT2D eigenvalue weighted by Crippen LogP contribution is 2.22. The Kier molecular flexibility index (Phi) is 4.93. The molecule has 1 atom stereocenters. The van der Waals surface area contributed by atoms with Crippen LogP contribution in [0.1, 0.15) is 29.4 Å². The summed E-state index contributed by atoms with van der Waals surface area (Å²) in [5, 5.41) is 4.19. The molecule has 0 aliphatic rings. The fourth-order valence-corrected chi connectivity index (χ4v) is 3.43. The molecule has 28 heavy (non-hydrogen) atoms. The maximum Gasteiger partial charge on any atom is 0.221 e. The fraction of sp³-hybridized carbons (Fsp3) is 0.182. The van der Waals surface area contributed by atoms with Crippen LogP contribution < -0.4 is 5.32 Å². The van der Waals surface area contributed by atoms with Crippen LogP contribution in [0.15, 0.2) is 67.1 Å². The number of fused-ring (bicyclic) bond motifs is 1. The lowest BCUT2D eigenvalue weighted by Crippen LogP contribution is -2.31. The zero-order valence-electron chi connectivity index (χ0n) is 15.5. The number of carbonyl (C=O) groups excluding carboxylic acids is 1. The summed E-state index contributed by atoms with van der Waals surface area (Å²) in [6.45, 7) is 0. The van der Waals surface area contributed by atoms with Crippen LogP contribution in [0.2, 0.25) is 0 Å². The summed E-state index contributed by atoms with van der Waals surface area (Å²) >= 11 is 0. The second-order valence-electron chi connectivity index (χ2n) is 6.81. The number of hydrogen-bond acceptors (Lipinski definition) is 2. The molecule has 4 rings (SSSR count). The van der Waals surface area contributed by atoms with E-state index in [4.69, 9.17) is 0 Å². The van der Waals surface area contributed by atoms with E-state index in [0.717, 1.165) is 22.0 Å². The first kappa shape index (κ1) is 18.0. The van der Waals surface area contributed by atoms with Crippen molar-refractivity contribution in [1.82, 2.24) is 19.9 Å². The summed E-state index contributed by atoms with van der Waals surface area (Å²) in [6, 6.07) is 13.7. The number of nitrogens with one attached hydrogen (secondary N) is 2. The van der Waals surface area contributed by atoms with Gasteiger partial charge < -0.3 is 14.9 Å². The van der Waals surface area contributed by atoms with E-state index in [1.165, 1.54) is 12.1 Å². The summed E-state index contributed by atoms with van der Waals surface area (Å²) in [6.07, 6.45) is 6.44. The van der Waals surface area contributed by atoms with Crippen molar-refractivity contribution < 1.29 is 9.18 Å². The molecule has 0 saturated heterocycles. The van der Waals surface area contributed by atoms with E-state index in [2.05, 4.69) is 15.3 Å². The largest absolute Gasteiger partial charge is 0.361 e. The van der Waals surface area contributed by atoms with E-state index in [-0.39, 0.29) is 11.7 Å². The zero-order valence-corrected chi connectivity index (χ0v) is 15.5. The van der Waals surface area contributed by atoms with Gasteiger partial charge in [0.1, 0.15) is 17.7 Å². The van der Waals surface area contributed by atoms with Gasteiger partial charge in [0.05, 0.1) is 0 Å². The average Bonchev–Trinajstić information content (AvgIpc) is 3.31. The monoisotopic (exact) mass is 376 g/mol. The van der Waals surface area contributed by atoms with Crippen molar-refractivity contribution in [2.75, 3.05) is 0 Å². The molecular formula is C22H21FN4O. The number of para-hydroxylation sites is 1. The number of rotatable bonds is 6. The third kappa shape index (κ3) is 3.67. The van der Waals surface area contributed by atoms with Gasteiger partial charge in [-0.25, -0.2) is 9.37 Å². The second kappa shape index (κ2) is 7.68. The number of aryl methyl sites for hydroxylation is 2. The number of benzene rings is 2. The molecule has 2 heterocycles. The van der Waals surface area contributed by atoms with Gasteiger partial charge in [-0.1, -0.05) is 30.3 Å². The number of amides is 1. The molecule has 0 radical (unpaired) electrons. The molecule has 0 aliphatic carbocycles. The number of aromatic amines is 1. The lowest BCUT2D eigenvalue weighted by atomic mass is 10.0. The van der Waals surface area contributed by atoms with Gasteiger partial charge >= 0.3 is 0 Å². The number of halogens is 1. The van der Waals surface area contributed by atoms with Crippen LogP contribution in [-0.4, -0.2) is 20.4 Å². The first-order valence-corrected chi connectivity index (χ1v) is 9.19. The number of aromatic nitrogens is 3. The van der Waals surface area contributed by atoms with Crippen LogP contribution in [-0.2, 0) is 18.3 Å². The standard InChI is InChI=1S/C22H21FN4O/c1-27-13-12-24-22(27)21(15-6-9-17(23)10-7-15)26-20(28)11-8-16-14-25-19-5-3-2-4-18(16)19/h2-7,9-10,12-14,21,25H,8,11H2,1H3,(H,26,28). The number of hydrogen-bond donors (Lipinski definition) is 2. The highest BCUT2D eigenvalue weighted by atomic mass is 19.1. The molecule has 0 aliphatic heterocycles. The van der Waals surface area contributed by atoms with E-state index >= 15 is 0 Å². The fourth-order valence-electron chi connectivity index (χ4n) is 3.43. The third-order valence-corrected chi connectivity index (χ3v) is 4.92. The van der Waals surface area contributed by atoms with Gasteiger partial charge in [0.25, 0.3) is 0 Å². The molecule has 1 unspecified atom stereocenters. The van der Waals surface area contributed by atoms with Crippen LogP contribution in [0.4, 0.5) is 4.39 Å². The molecule has 5 nitrogen and oxygen atoms in total. The number of H-pyrrole nitrogens is 1. The van der Waals surface area contributed by atoms with Gasteiger partial charge in [-0.05, 0) is 35.7 Å². The summed E-state index contributed by atoms with van der Waals surface area (Å²) < 4.78 is 15.2. The van der Waals surface area contributed by atoms with Gasteiger partial charge in [-0.15, -0.1) is 0 Å². The van der Waals surface area contributed by atoms with Crippen molar-refractivity contribution in [1.29, 1.82) is 0 Å². The molecule has 2 aromatic heterocycles. The van der Waals surface area contributed by atoms with Crippen molar-refractivity contribution >= 4 is 16.8 Å². The molecular weight excluding hydrogens is 355 g/mol. The van der Waals surface area contributed by atoms with Crippen LogP contribution in [0.5, 0.6) is 0 Å². The van der Waals surface area contributed by atoms with Gasteiger partial charge in [0, 0.05) is 43.0 Å². The Labute approximate surface area is 162 Å². The Morgan fingerprint density at radius 2 is 2.00 bits per heavy atom.